The predicted octanol–water partition coefficient (Wildman–Crippen LogP) is 1.40. The first-order valence-electron chi connectivity index (χ1n) is 6.97. The van der Waals surface area contributed by atoms with Crippen molar-refractivity contribution < 1.29 is 12.9 Å². The summed E-state index contributed by atoms with van der Waals surface area (Å²) in [5, 5.41) is 8.71. The molecule has 0 aliphatic carbocycles. The van der Waals surface area contributed by atoms with Crippen LogP contribution in [0.15, 0.2) is 39.6 Å². The highest BCUT2D eigenvalue weighted by molar-refractivity contribution is 7.90. The maximum Gasteiger partial charge on any atom is 0.296 e. The van der Waals surface area contributed by atoms with Crippen molar-refractivity contribution in [2.45, 2.75) is 13.5 Å². The molecule has 0 aliphatic rings. The van der Waals surface area contributed by atoms with Crippen molar-refractivity contribution in [2.75, 3.05) is 12.0 Å². The molecule has 0 N–H and O–H groups in total. The molecule has 2 aromatic heterocycles. The van der Waals surface area contributed by atoms with Gasteiger partial charge in [-0.25, -0.2) is 13.1 Å². The Kier molecular flexibility index (Phi) is 3.77. The first-order valence-corrected chi connectivity index (χ1v) is 9.03. The lowest BCUT2D eigenvalue weighted by molar-refractivity contribution is 0.405. The number of hydrogen-bond acceptors (Lipinski definition) is 6. The molecule has 0 atom stereocenters. The highest BCUT2D eigenvalue weighted by atomic mass is 32.2. The third kappa shape index (κ3) is 3.02. The Bertz CT molecular complexity index is 1020. The van der Waals surface area contributed by atoms with Crippen LogP contribution in [0.3, 0.4) is 0 Å². The first-order chi connectivity index (χ1) is 10.9. The van der Waals surface area contributed by atoms with E-state index in [4.69, 9.17) is 4.52 Å². The van der Waals surface area contributed by atoms with E-state index in [1.807, 2.05) is 30.3 Å². The Morgan fingerprint density at radius 2 is 1.91 bits per heavy atom. The molecule has 1 aromatic carbocycles. The summed E-state index contributed by atoms with van der Waals surface area (Å²) >= 11 is 0. The SMILES string of the molecule is Cc1onc2c(=O)n(CCS(C)(=O)=O)nc(-c3ccccc3)c12. The molecule has 120 valence electrons. The zero-order chi connectivity index (χ0) is 16.6. The largest absolute Gasteiger partial charge is 0.360 e. The van der Waals surface area contributed by atoms with Crippen LogP contribution in [0.4, 0.5) is 0 Å². The number of aromatic nitrogens is 3. The lowest BCUT2D eigenvalue weighted by atomic mass is 10.1. The van der Waals surface area contributed by atoms with Crippen LogP contribution in [0.5, 0.6) is 0 Å². The minimum absolute atomic E-state index is 0.0284. The van der Waals surface area contributed by atoms with Gasteiger partial charge in [-0.05, 0) is 6.92 Å². The second-order valence-electron chi connectivity index (χ2n) is 5.34. The molecule has 0 spiro atoms. The third-order valence-electron chi connectivity index (χ3n) is 3.48. The average Bonchev–Trinajstić information content (AvgIpc) is 2.89. The predicted molar refractivity (Wildman–Crippen MR) is 85.9 cm³/mol. The first kappa shape index (κ1) is 15.4. The molecule has 0 saturated carbocycles. The summed E-state index contributed by atoms with van der Waals surface area (Å²) < 4.78 is 29.0. The molecular formula is C15H15N3O4S. The molecular weight excluding hydrogens is 318 g/mol. The molecule has 8 heteroatoms. The van der Waals surface area contributed by atoms with Crippen LogP contribution in [0.2, 0.25) is 0 Å². The van der Waals surface area contributed by atoms with E-state index in [-0.39, 0.29) is 17.8 Å². The quantitative estimate of drug-likeness (QED) is 0.716. The summed E-state index contributed by atoms with van der Waals surface area (Å²) in [6.07, 6.45) is 1.12. The fourth-order valence-electron chi connectivity index (χ4n) is 2.34. The van der Waals surface area contributed by atoms with Gasteiger partial charge in [0.05, 0.1) is 17.7 Å². The van der Waals surface area contributed by atoms with E-state index in [0.717, 1.165) is 16.5 Å². The van der Waals surface area contributed by atoms with E-state index < -0.39 is 15.4 Å². The standard InChI is InChI=1S/C15H15N3O4S/c1-10-12-13(11-6-4-3-5-7-11)16-18(8-9-23(2,20)21)15(19)14(12)17-22-10/h3-7H,8-9H2,1-2H3. The lowest BCUT2D eigenvalue weighted by Gasteiger charge is -2.08. The van der Waals surface area contributed by atoms with E-state index in [9.17, 15) is 13.2 Å². The molecule has 0 fully saturated rings. The van der Waals surface area contributed by atoms with Gasteiger partial charge < -0.3 is 4.52 Å². The smallest absolute Gasteiger partial charge is 0.296 e. The minimum Gasteiger partial charge on any atom is -0.360 e. The molecule has 2 heterocycles. The Hall–Kier alpha value is -2.48. The van der Waals surface area contributed by atoms with E-state index in [0.29, 0.717) is 16.8 Å². The van der Waals surface area contributed by atoms with Gasteiger partial charge in [-0.15, -0.1) is 0 Å². The molecule has 3 aromatic rings. The van der Waals surface area contributed by atoms with Gasteiger partial charge in [-0.2, -0.15) is 5.10 Å². The Labute approximate surface area is 132 Å². The molecule has 3 rings (SSSR count). The van der Waals surface area contributed by atoms with Crippen LogP contribution >= 0.6 is 0 Å². The zero-order valence-electron chi connectivity index (χ0n) is 12.7. The molecule has 0 amide bonds. The summed E-state index contributed by atoms with van der Waals surface area (Å²) in [6.45, 7) is 1.68. The molecule has 23 heavy (non-hydrogen) atoms. The maximum atomic E-state index is 12.4. The number of benzene rings is 1. The van der Waals surface area contributed by atoms with E-state index in [1.54, 1.807) is 6.92 Å². The van der Waals surface area contributed by atoms with Crippen LogP contribution in [0.25, 0.3) is 22.2 Å². The minimum atomic E-state index is -3.21. The summed E-state index contributed by atoms with van der Waals surface area (Å²) in [4.78, 5) is 12.4. The average molecular weight is 333 g/mol. The fourth-order valence-corrected chi connectivity index (χ4v) is 2.84. The number of sulfone groups is 1. The van der Waals surface area contributed by atoms with Crippen LogP contribution in [-0.4, -0.2) is 35.4 Å². The van der Waals surface area contributed by atoms with Gasteiger partial charge in [0.25, 0.3) is 5.56 Å². The van der Waals surface area contributed by atoms with Crippen LogP contribution in [0, 0.1) is 6.92 Å². The van der Waals surface area contributed by atoms with Gasteiger partial charge in [-0.1, -0.05) is 35.5 Å². The summed E-state index contributed by atoms with van der Waals surface area (Å²) in [5.41, 5.74) is 1.05. The Morgan fingerprint density at radius 3 is 2.57 bits per heavy atom. The van der Waals surface area contributed by atoms with E-state index in [1.165, 1.54) is 0 Å². The number of nitrogens with zero attached hydrogens (tertiary/aromatic N) is 3. The van der Waals surface area contributed by atoms with Crippen molar-refractivity contribution in [3.8, 4) is 11.3 Å². The summed E-state index contributed by atoms with van der Waals surface area (Å²) in [6, 6.07) is 9.31. The van der Waals surface area contributed by atoms with Gasteiger partial charge in [0.15, 0.2) is 5.52 Å². The number of hydrogen-bond donors (Lipinski definition) is 0. The second-order valence-corrected chi connectivity index (χ2v) is 7.59. The molecule has 0 radical (unpaired) electrons. The van der Waals surface area contributed by atoms with Crippen LogP contribution in [0.1, 0.15) is 5.76 Å². The zero-order valence-corrected chi connectivity index (χ0v) is 13.5. The molecule has 0 unspecified atom stereocenters. The maximum absolute atomic E-state index is 12.4. The van der Waals surface area contributed by atoms with Gasteiger partial charge in [0.1, 0.15) is 21.3 Å². The molecule has 0 aliphatic heterocycles. The monoisotopic (exact) mass is 333 g/mol. The highest BCUT2D eigenvalue weighted by Gasteiger charge is 2.19. The lowest BCUT2D eigenvalue weighted by Crippen LogP contribution is -2.27. The second kappa shape index (κ2) is 5.62. The van der Waals surface area contributed by atoms with Gasteiger partial charge >= 0.3 is 0 Å². The van der Waals surface area contributed by atoms with E-state index in [2.05, 4.69) is 10.3 Å². The van der Waals surface area contributed by atoms with Gasteiger partial charge in [0.2, 0.25) is 0 Å². The third-order valence-corrected chi connectivity index (χ3v) is 4.40. The molecule has 7 nitrogen and oxygen atoms in total. The summed E-state index contributed by atoms with van der Waals surface area (Å²) in [5.74, 6) is 0.329. The Balaban J connectivity index is 2.24. The van der Waals surface area contributed by atoms with Crippen molar-refractivity contribution in [1.82, 2.24) is 14.9 Å². The number of fused-ring (bicyclic) bond motifs is 1. The molecule has 0 bridgehead atoms. The number of rotatable bonds is 4. The van der Waals surface area contributed by atoms with Crippen LogP contribution < -0.4 is 5.56 Å². The van der Waals surface area contributed by atoms with Gasteiger partial charge in [0, 0.05) is 11.8 Å². The normalized spacial score (nSPS) is 11.9. The van der Waals surface area contributed by atoms with Crippen molar-refractivity contribution >= 4 is 20.7 Å². The molecule has 0 saturated heterocycles. The van der Waals surface area contributed by atoms with E-state index >= 15 is 0 Å². The van der Waals surface area contributed by atoms with Crippen molar-refractivity contribution in [3.63, 3.8) is 0 Å². The van der Waals surface area contributed by atoms with Crippen molar-refractivity contribution in [2.24, 2.45) is 0 Å². The van der Waals surface area contributed by atoms with Crippen molar-refractivity contribution in [1.29, 1.82) is 0 Å². The van der Waals surface area contributed by atoms with Crippen molar-refractivity contribution in [3.05, 3.63) is 46.4 Å². The number of aryl methyl sites for hydroxylation is 2. The van der Waals surface area contributed by atoms with Crippen LogP contribution in [-0.2, 0) is 16.4 Å². The van der Waals surface area contributed by atoms with Gasteiger partial charge in [-0.3, -0.25) is 4.79 Å². The fraction of sp³-hybridized carbons (Fsp3) is 0.267. The topological polar surface area (TPSA) is 95.1 Å². The Morgan fingerprint density at radius 1 is 1.22 bits per heavy atom. The highest BCUT2D eigenvalue weighted by Crippen LogP contribution is 2.26. The summed E-state index contributed by atoms with van der Waals surface area (Å²) in [7, 11) is -3.21.